The summed E-state index contributed by atoms with van der Waals surface area (Å²) >= 11 is 6.15. The number of benzene rings is 1. The summed E-state index contributed by atoms with van der Waals surface area (Å²) in [6, 6.07) is 15.6. The number of hydrogen-bond donors (Lipinski definition) is 1. The van der Waals surface area contributed by atoms with Crippen molar-refractivity contribution >= 4 is 28.8 Å². The number of nitrogens with zero attached hydrogens (tertiary/aromatic N) is 2. The van der Waals surface area contributed by atoms with Crippen molar-refractivity contribution in [2.75, 3.05) is 5.32 Å². The van der Waals surface area contributed by atoms with Gasteiger partial charge in [-0.15, -0.1) is 0 Å². The van der Waals surface area contributed by atoms with Gasteiger partial charge < -0.3 is 9.73 Å². The van der Waals surface area contributed by atoms with Gasteiger partial charge in [-0.2, -0.15) is 0 Å². The van der Waals surface area contributed by atoms with Gasteiger partial charge in [0.25, 0.3) is 0 Å². The summed E-state index contributed by atoms with van der Waals surface area (Å²) in [5.41, 5.74) is 3.74. The summed E-state index contributed by atoms with van der Waals surface area (Å²) < 4.78 is 7.46. The SMILES string of the molecule is Cc1ccc(Nc2c(-c3ccco3)nc3ccc(Cl)cn23)cc1. The third kappa shape index (κ3) is 2.58. The average Bonchev–Trinajstić information content (AvgIpc) is 3.18. The highest BCUT2D eigenvalue weighted by Crippen LogP contribution is 2.32. The lowest BCUT2D eigenvalue weighted by Crippen LogP contribution is -1.96. The second-order valence-corrected chi connectivity index (χ2v) is 5.79. The van der Waals surface area contributed by atoms with E-state index in [2.05, 4.69) is 29.4 Å². The highest BCUT2D eigenvalue weighted by molar-refractivity contribution is 6.30. The zero-order chi connectivity index (χ0) is 15.8. The Balaban J connectivity index is 1.89. The number of fused-ring (bicyclic) bond motifs is 1. The molecule has 0 saturated carbocycles. The molecule has 0 aliphatic carbocycles. The van der Waals surface area contributed by atoms with Crippen LogP contribution in [0.2, 0.25) is 5.02 Å². The fourth-order valence-corrected chi connectivity index (χ4v) is 2.66. The van der Waals surface area contributed by atoms with Crippen molar-refractivity contribution < 1.29 is 4.42 Å². The Kier molecular flexibility index (Phi) is 3.32. The molecule has 0 aliphatic rings. The number of anilines is 2. The largest absolute Gasteiger partial charge is 0.463 e. The maximum absolute atomic E-state index is 6.15. The van der Waals surface area contributed by atoms with Crippen LogP contribution in [0.1, 0.15) is 5.56 Å². The Morgan fingerprint density at radius 2 is 1.91 bits per heavy atom. The van der Waals surface area contributed by atoms with E-state index in [1.165, 1.54) is 5.56 Å². The first kappa shape index (κ1) is 13.9. The number of halogens is 1. The summed E-state index contributed by atoms with van der Waals surface area (Å²) in [6.45, 7) is 2.06. The van der Waals surface area contributed by atoms with Gasteiger partial charge in [0.1, 0.15) is 17.2 Å². The summed E-state index contributed by atoms with van der Waals surface area (Å²) in [6.07, 6.45) is 3.48. The molecule has 0 aliphatic heterocycles. The van der Waals surface area contributed by atoms with Crippen LogP contribution in [0.15, 0.2) is 65.4 Å². The number of nitrogens with one attached hydrogen (secondary N) is 1. The smallest absolute Gasteiger partial charge is 0.156 e. The van der Waals surface area contributed by atoms with Gasteiger partial charge in [-0.1, -0.05) is 29.3 Å². The molecule has 0 amide bonds. The number of hydrogen-bond acceptors (Lipinski definition) is 3. The van der Waals surface area contributed by atoms with Crippen molar-refractivity contribution in [1.82, 2.24) is 9.38 Å². The lowest BCUT2D eigenvalue weighted by atomic mass is 10.2. The van der Waals surface area contributed by atoms with Crippen LogP contribution < -0.4 is 5.32 Å². The molecular weight excluding hydrogens is 310 g/mol. The summed E-state index contributed by atoms with van der Waals surface area (Å²) in [4.78, 5) is 4.66. The van der Waals surface area contributed by atoms with E-state index in [0.717, 1.165) is 22.8 Å². The van der Waals surface area contributed by atoms with E-state index < -0.39 is 0 Å². The third-order valence-corrected chi connectivity index (χ3v) is 3.87. The van der Waals surface area contributed by atoms with Crippen molar-refractivity contribution in [3.8, 4) is 11.5 Å². The molecule has 0 fully saturated rings. The standard InChI is InChI=1S/C18H14ClN3O/c1-12-4-7-14(8-5-12)20-18-17(15-3-2-10-23-15)21-16-9-6-13(19)11-22(16)18/h2-11,20H,1H3. The molecule has 4 aromatic rings. The first-order chi connectivity index (χ1) is 11.2. The molecule has 114 valence electrons. The Morgan fingerprint density at radius 1 is 1.09 bits per heavy atom. The molecule has 0 unspecified atom stereocenters. The monoisotopic (exact) mass is 323 g/mol. The van der Waals surface area contributed by atoms with E-state index in [0.29, 0.717) is 10.8 Å². The lowest BCUT2D eigenvalue weighted by molar-refractivity contribution is 0.581. The Hall–Kier alpha value is -2.72. The van der Waals surface area contributed by atoms with E-state index in [4.69, 9.17) is 16.0 Å². The number of furan rings is 1. The molecule has 0 bridgehead atoms. The quantitative estimate of drug-likeness (QED) is 0.556. The van der Waals surface area contributed by atoms with Crippen molar-refractivity contribution in [1.29, 1.82) is 0 Å². The van der Waals surface area contributed by atoms with Gasteiger partial charge in [0.15, 0.2) is 5.76 Å². The van der Waals surface area contributed by atoms with Crippen LogP contribution in [0, 0.1) is 6.92 Å². The number of pyridine rings is 1. The molecule has 0 atom stereocenters. The molecule has 0 spiro atoms. The van der Waals surface area contributed by atoms with E-state index in [1.54, 1.807) is 6.26 Å². The van der Waals surface area contributed by atoms with Crippen molar-refractivity contribution in [2.45, 2.75) is 6.92 Å². The zero-order valence-corrected chi connectivity index (χ0v) is 13.2. The Labute approximate surface area is 138 Å². The fraction of sp³-hybridized carbons (Fsp3) is 0.0556. The first-order valence-electron chi connectivity index (χ1n) is 7.26. The molecular formula is C18H14ClN3O. The summed E-state index contributed by atoms with van der Waals surface area (Å²) in [5.74, 6) is 1.53. The van der Waals surface area contributed by atoms with Crippen LogP contribution in [-0.2, 0) is 0 Å². The summed E-state index contributed by atoms with van der Waals surface area (Å²) in [7, 11) is 0. The average molecular weight is 324 g/mol. The number of aromatic nitrogens is 2. The highest BCUT2D eigenvalue weighted by atomic mass is 35.5. The van der Waals surface area contributed by atoms with Crippen LogP contribution in [-0.4, -0.2) is 9.38 Å². The lowest BCUT2D eigenvalue weighted by Gasteiger charge is -2.08. The van der Waals surface area contributed by atoms with E-state index in [-0.39, 0.29) is 0 Å². The predicted molar refractivity (Wildman–Crippen MR) is 92.4 cm³/mol. The Morgan fingerprint density at radius 3 is 2.65 bits per heavy atom. The minimum atomic E-state index is 0.646. The molecule has 4 rings (SSSR count). The molecule has 23 heavy (non-hydrogen) atoms. The fourth-order valence-electron chi connectivity index (χ4n) is 2.50. The maximum atomic E-state index is 6.15. The molecule has 3 heterocycles. The van der Waals surface area contributed by atoms with Gasteiger partial charge in [-0.05, 0) is 43.3 Å². The molecule has 5 heteroatoms. The van der Waals surface area contributed by atoms with Gasteiger partial charge in [-0.25, -0.2) is 4.98 Å². The van der Waals surface area contributed by atoms with Crippen molar-refractivity contribution in [3.63, 3.8) is 0 Å². The number of rotatable bonds is 3. The minimum absolute atomic E-state index is 0.646. The molecule has 1 N–H and O–H groups in total. The van der Waals surface area contributed by atoms with Crippen molar-refractivity contribution in [3.05, 3.63) is 71.6 Å². The highest BCUT2D eigenvalue weighted by Gasteiger charge is 2.16. The predicted octanol–water partition coefficient (Wildman–Crippen LogP) is 5.30. The van der Waals surface area contributed by atoms with E-state index >= 15 is 0 Å². The van der Waals surface area contributed by atoms with Crippen LogP contribution in [0.5, 0.6) is 0 Å². The van der Waals surface area contributed by atoms with Gasteiger partial charge in [0.05, 0.1) is 11.3 Å². The normalized spacial score (nSPS) is 11.0. The number of aryl methyl sites for hydroxylation is 1. The second kappa shape index (κ2) is 5.48. The van der Waals surface area contributed by atoms with Crippen LogP contribution in [0.25, 0.3) is 17.1 Å². The van der Waals surface area contributed by atoms with Gasteiger partial charge in [0, 0.05) is 11.9 Å². The zero-order valence-electron chi connectivity index (χ0n) is 12.5. The molecule has 3 aromatic heterocycles. The van der Waals surface area contributed by atoms with Crippen molar-refractivity contribution in [2.24, 2.45) is 0 Å². The van der Waals surface area contributed by atoms with Crippen LogP contribution in [0.3, 0.4) is 0 Å². The summed E-state index contributed by atoms with van der Waals surface area (Å²) in [5, 5.41) is 4.07. The molecule has 0 radical (unpaired) electrons. The van der Waals surface area contributed by atoms with Crippen LogP contribution in [0.4, 0.5) is 11.5 Å². The second-order valence-electron chi connectivity index (χ2n) is 5.35. The van der Waals surface area contributed by atoms with Gasteiger partial charge in [0.2, 0.25) is 0 Å². The third-order valence-electron chi connectivity index (χ3n) is 3.65. The van der Waals surface area contributed by atoms with E-state index in [9.17, 15) is 0 Å². The topological polar surface area (TPSA) is 42.5 Å². The maximum Gasteiger partial charge on any atom is 0.156 e. The Bertz CT molecular complexity index is 956. The first-order valence-corrected chi connectivity index (χ1v) is 7.64. The van der Waals surface area contributed by atoms with E-state index in [1.807, 2.05) is 47.0 Å². The van der Waals surface area contributed by atoms with Gasteiger partial charge in [-0.3, -0.25) is 4.40 Å². The molecule has 1 aromatic carbocycles. The minimum Gasteiger partial charge on any atom is -0.463 e. The van der Waals surface area contributed by atoms with Crippen LogP contribution >= 0.6 is 11.6 Å². The molecule has 0 saturated heterocycles. The molecule has 4 nitrogen and oxygen atoms in total. The number of imidazole rings is 1. The van der Waals surface area contributed by atoms with Gasteiger partial charge >= 0.3 is 0 Å².